The average Bonchev–Trinajstić information content (AvgIpc) is 2.67. The van der Waals surface area contributed by atoms with Crippen LogP contribution in [0.25, 0.3) is 0 Å². The van der Waals surface area contributed by atoms with E-state index in [4.69, 9.17) is 4.74 Å². The van der Waals surface area contributed by atoms with E-state index in [1.54, 1.807) is 7.11 Å². The molecule has 1 aromatic carbocycles. The predicted molar refractivity (Wildman–Crippen MR) is 73.1 cm³/mol. The summed E-state index contributed by atoms with van der Waals surface area (Å²) in [6, 6.07) is 6.29. The monoisotopic (exact) mass is 246 g/mol. The van der Waals surface area contributed by atoms with Crippen molar-refractivity contribution in [3.63, 3.8) is 0 Å². The van der Waals surface area contributed by atoms with Crippen LogP contribution < -0.4 is 4.74 Å². The first-order chi connectivity index (χ1) is 8.47. The van der Waals surface area contributed by atoms with Crippen molar-refractivity contribution >= 4 is 6.29 Å². The van der Waals surface area contributed by atoms with E-state index in [1.807, 2.05) is 0 Å². The Morgan fingerprint density at radius 3 is 2.61 bits per heavy atom. The van der Waals surface area contributed by atoms with Gasteiger partial charge in [-0.1, -0.05) is 32.4 Å². The number of hydrogen-bond donors (Lipinski definition) is 0. The van der Waals surface area contributed by atoms with Crippen LogP contribution >= 0.6 is 0 Å². The molecule has 18 heavy (non-hydrogen) atoms. The molecule has 0 saturated heterocycles. The Labute approximate surface area is 109 Å². The van der Waals surface area contributed by atoms with Crippen molar-refractivity contribution in [2.75, 3.05) is 7.11 Å². The Balaban J connectivity index is 2.57. The van der Waals surface area contributed by atoms with E-state index in [-0.39, 0.29) is 10.8 Å². The van der Waals surface area contributed by atoms with Gasteiger partial charge in [-0.2, -0.15) is 0 Å². The molecule has 2 rings (SSSR count). The summed E-state index contributed by atoms with van der Waals surface area (Å²) in [6.07, 6.45) is 4.24. The van der Waals surface area contributed by atoms with Crippen LogP contribution in [0.1, 0.15) is 44.2 Å². The molecule has 0 unspecified atom stereocenters. The summed E-state index contributed by atoms with van der Waals surface area (Å²) in [5.74, 6) is 0.910. The molecule has 1 fully saturated rings. The molecule has 0 heterocycles. The van der Waals surface area contributed by atoms with Gasteiger partial charge in [0.1, 0.15) is 12.0 Å². The van der Waals surface area contributed by atoms with Crippen LogP contribution in [0, 0.1) is 12.3 Å². The number of ether oxygens (including phenoxy) is 1. The lowest BCUT2D eigenvalue weighted by molar-refractivity contribution is -0.117. The summed E-state index contributed by atoms with van der Waals surface area (Å²) >= 11 is 0. The second-order valence-electron chi connectivity index (χ2n) is 5.92. The van der Waals surface area contributed by atoms with Gasteiger partial charge in [0.05, 0.1) is 7.11 Å². The van der Waals surface area contributed by atoms with E-state index in [0.29, 0.717) is 0 Å². The van der Waals surface area contributed by atoms with Gasteiger partial charge in [-0.05, 0) is 31.4 Å². The summed E-state index contributed by atoms with van der Waals surface area (Å²) < 4.78 is 5.53. The van der Waals surface area contributed by atoms with E-state index in [9.17, 15) is 4.79 Å². The smallest absolute Gasteiger partial charge is 0.126 e. The first kappa shape index (κ1) is 13.1. The molecule has 0 bridgehead atoms. The highest BCUT2D eigenvalue weighted by atomic mass is 16.5. The van der Waals surface area contributed by atoms with Crippen LogP contribution in [0.5, 0.6) is 5.75 Å². The molecule has 2 nitrogen and oxygen atoms in total. The van der Waals surface area contributed by atoms with Gasteiger partial charge in [-0.25, -0.2) is 0 Å². The summed E-state index contributed by atoms with van der Waals surface area (Å²) in [4.78, 5) is 11.5. The third kappa shape index (κ3) is 1.75. The van der Waals surface area contributed by atoms with Crippen molar-refractivity contribution < 1.29 is 9.53 Å². The van der Waals surface area contributed by atoms with Crippen LogP contribution in [-0.4, -0.2) is 13.4 Å². The quantitative estimate of drug-likeness (QED) is 0.761. The van der Waals surface area contributed by atoms with Gasteiger partial charge in [0.25, 0.3) is 0 Å². The molecule has 0 N–H and O–H groups in total. The van der Waals surface area contributed by atoms with Crippen molar-refractivity contribution in [2.24, 2.45) is 5.41 Å². The minimum Gasteiger partial charge on any atom is -0.496 e. The third-order valence-electron chi connectivity index (χ3n) is 4.84. The van der Waals surface area contributed by atoms with Gasteiger partial charge in [0.15, 0.2) is 0 Å². The molecule has 1 aliphatic carbocycles. The minimum atomic E-state index is -0.282. The van der Waals surface area contributed by atoms with Crippen LogP contribution in [0.15, 0.2) is 18.2 Å². The van der Waals surface area contributed by atoms with E-state index < -0.39 is 0 Å². The number of aldehydes is 1. The van der Waals surface area contributed by atoms with E-state index in [2.05, 4.69) is 39.0 Å². The summed E-state index contributed by atoms with van der Waals surface area (Å²) in [5, 5.41) is 0. The maximum absolute atomic E-state index is 11.5. The largest absolute Gasteiger partial charge is 0.496 e. The Bertz CT molecular complexity index is 466. The predicted octanol–water partition coefficient (Wildman–Crippen LogP) is 3.65. The lowest BCUT2D eigenvalue weighted by Crippen LogP contribution is -2.38. The van der Waals surface area contributed by atoms with Crippen molar-refractivity contribution in [1.29, 1.82) is 0 Å². The molecule has 0 aromatic heterocycles. The van der Waals surface area contributed by atoms with E-state index in [1.165, 1.54) is 11.1 Å². The highest BCUT2D eigenvalue weighted by Gasteiger charge is 2.50. The summed E-state index contributed by atoms with van der Waals surface area (Å²) in [5.41, 5.74) is 1.95. The number of methoxy groups -OCH3 is 1. The second kappa shape index (κ2) is 4.42. The molecule has 2 heteroatoms. The first-order valence-electron chi connectivity index (χ1n) is 6.58. The lowest BCUT2D eigenvalue weighted by atomic mass is 9.64. The van der Waals surface area contributed by atoms with Crippen LogP contribution in [-0.2, 0) is 10.2 Å². The van der Waals surface area contributed by atoms with Crippen molar-refractivity contribution in [3.05, 3.63) is 29.3 Å². The third-order valence-corrected chi connectivity index (χ3v) is 4.84. The fourth-order valence-electron chi connectivity index (χ4n) is 3.26. The molecule has 2 atom stereocenters. The maximum atomic E-state index is 11.5. The lowest BCUT2D eigenvalue weighted by Gasteiger charge is -2.38. The van der Waals surface area contributed by atoms with Crippen LogP contribution in [0.3, 0.4) is 0 Å². The van der Waals surface area contributed by atoms with Crippen LogP contribution in [0.2, 0.25) is 0 Å². The van der Waals surface area contributed by atoms with Crippen molar-refractivity contribution in [1.82, 2.24) is 0 Å². The zero-order valence-corrected chi connectivity index (χ0v) is 11.7. The van der Waals surface area contributed by atoms with Gasteiger partial charge in [-0.3, -0.25) is 0 Å². The highest BCUT2D eigenvalue weighted by Crippen LogP contribution is 2.54. The van der Waals surface area contributed by atoms with Crippen LogP contribution in [0.4, 0.5) is 0 Å². The number of carbonyl (C=O) groups is 1. The molecule has 0 radical (unpaired) electrons. The van der Waals surface area contributed by atoms with Crippen molar-refractivity contribution in [2.45, 2.75) is 45.4 Å². The molecule has 0 amide bonds. The van der Waals surface area contributed by atoms with Gasteiger partial charge in [-0.15, -0.1) is 0 Å². The fraction of sp³-hybridized carbons (Fsp3) is 0.562. The molecule has 1 aromatic rings. The van der Waals surface area contributed by atoms with Gasteiger partial charge in [0, 0.05) is 16.4 Å². The number of rotatable bonds is 3. The Hall–Kier alpha value is -1.31. The second-order valence-corrected chi connectivity index (χ2v) is 5.92. The SMILES string of the molecule is COc1cc(C)ccc1[C@@]1(C)CCC[C@@]1(C)C=O. The van der Waals surface area contributed by atoms with Gasteiger partial charge >= 0.3 is 0 Å². The Morgan fingerprint density at radius 1 is 1.28 bits per heavy atom. The Kier molecular flexibility index (Phi) is 3.22. The summed E-state index contributed by atoms with van der Waals surface area (Å²) in [7, 11) is 1.70. The standard InChI is InChI=1S/C16H22O2/c1-12-6-7-13(14(10-12)18-4)16(3)9-5-8-15(16,2)11-17/h6-7,10-11H,5,8-9H2,1-4H3/t15-,16+/m0/s1. The number of carbonyl (C=O) groups excluding carboxylic acids is 1. The number of benzene rings is 1. The Morgan fingerprint density at radius 2 is 2.00 bits per heavy atom. The highest BCUT2D eigenvalue weighted by molar-refractivity contribution is 5.65. The normalized spacial score (nSPS) is 31.3. The average molecular weight is 246 g/mol. The zero-order chi connectivity index (χ0) is 13.4. The van der Waals surface area contributed by atoms with E-state index >= 15 is 0 Å². The molecule has 0 aliphatic heterocycles. The minimum absolute atomic E-state index is 0.117. The summed E-state index contributed by atoms with van der Waals surface area (Å²) in [6.45, 7) is 6.33. The van der Waals surface area contributed by atoms with Crippen molar-refractivity contribution in [3.8, 4) is 5.75 Å². The molecule has 1 saturated carbocycles. The first-order valence-corrected chi connectivity index (χ1v) is 6.58. The molecular weight excluding hydrogens is 224 g/mol. The maximum Gasteiger partial charge on any atom is 0.126 e. The van der Waals surface area contributed by atoms with Gasteiger partial charge < -0.3 is 9.53 Å². The number of hydrogen-bond acceptors (Lipinski definition) is 2. The topological polar surface area (TPSA) is 26.3 Å². The van der Waals surface area contributed by atoms with Gasteiger partial charge in [0.2, 0.25) is 0 Å². The number of aryl methyl sites for hydroxylation is 1. The molecule has 0 spiro atoms. The molecule has 1 aliphatic rings. The fourth-order valence-corrected chi connectivity index (χ4v) is 3.26. The molecule has 98 valence electrons. The van der Waals surface area contributed by atoms with E-state index in [0.717, 1.165) is 31.3 Å². The zero-order valence-electron chi connectivity index (χ0n) is 11.7. The molecular formula is C16H22O2.